The largest absolute Gasteiger partial charge is 0.481 e. The highest BCUT2D eigenvalue weighted by Gasteiger charge is 2.35. The van der Waals surface area contributed by atoms with Crippen LogP contribution >= 0.6 is 11.3 Å². The molecule has 1 aromatic rings. The highest BCUT2D eigenvalue weighted by Crippen LogP contribution is 2.36. The molecule has 0 aromatic carbocycles. The molecule has 4 nitrogen and oxygen atoms in total. The first kappa shape index (κ1) is 14.3. The zero-order valence-corrected chi connectivity index (χ0v) is 12.8. The maximum atomic E-state index is 11.3. The maximum Gasteiger partial charge on any atom is 0.315 e. The topological polar surface area (TPSA) is 53.4 Å². The van der Waals surface area contributed by atoms with Crippen LogP contribution in [0.5, 0.6) is 0 Å². The van der Waals surface area contributed by atoms with Crippen molar-refractivity contribution in [2.75, 3.05) is 11.4 Å². The summed E-state index contributed by atoms with van der Waals surface area (Å²) in [5.41, 5.74) is -0.253. The van der Waals surface area contributed by atoms with Crippen molar-refractivity contribution in [3.8, 4) is 0 Å². The zero-order valence-electron chi connectivity index (χ0n) is 12.0. The van der Waals surface area contributed by atoms with Gasteiger partial charge in [0.15, 0.2) is 5.13 Å². The molecule has 0 amide bonds. The molecule has 0 unspecified atom stereocenters. The molecule has 0 radical (unpaired) electrons. The summed E-state index contributed by atoms with van der Waals surface area (Å²) >= 11 is 1.56. The van der Waals surface area contributed by atoms with Crippen LogP contribution in [0, 0.1) is 5.92 Å². The third-order valence-electron chi connectivity index (χ3n) is 3.46. The van der Waals surface area contributed by atoms with Crippen LogP contribution in [-0.4, -0.2) is 28.6 Å². The van der Waals surface area contributed by atoms with Crippen molar-refractivity contribution in [2.24, 2.45) is 5.92 Å². The number of anilines is 1. The van der Waals surface area contributed by atoms with E-state index in [4.69, 9.17) is 0 Å². The number of nitrogens with zero attached hydrogens (tertiary/aromatic N) is 2. The van der Waals surface area contributed by atoms with E-state index in [1.54, 1.807) is 25.2 Å². The van der Waals surface area contributed by atoms with E-state index in [0.29, 0.717) is 17.7 Å². The van der Waals surface area contributed by atoms with Crippen LogP contribution < -0.4 is 4.90 Å². The van der Waals surface area contributed by atoms with E-state index in [2.05, 4.69) is 23.7 Å². The average Bonchev–Trinajstić information content (AvgIpc) is 3.02. The molecule has 1 aromatic heterocycles. The number of hydrogen-bond acceptors (Lipinski definition) is 4. The summed E-state index contributed by atoms with van der Waals surface area (Å²) < 4.78 is 0. The first-order chi connectivity index (χ1) is 8.82. The van der Waals surface area contributed by atoms with Crippen molar-refractivity contribution < 1.29 is 9.90 Å². The fourth-order valence-corrected chi connectivity index (χ4v) is 3.03. The SMILES string of the molecule is CC(C)CN(c1nc(C(C)(C)C(=O)O)cs1)C1CC1. The number of carboxylic acids is 1. The molecular weight excluding hydrogens is 260 g/mol. The maximum absolute atomic E-state index is 11.3. The van der Waals surface area contributed by atoms with Gasteiger partial charge < -0.3 is 10.0 Å². The van der Waals surface area contributed by atoms with E-state index in [1.807, 2.05) is 5.38 Å². The van der Waals surface area contributed by atoms with Crippen LogP contribution in [0.2, 0.25) is 0 Å². The highest BCUT2D eigenvalue weighted by molar-refractivity contribution is 7.13. The number of aromatic nitrogens is 1. The number of thiazole rings is 1. The van der Waals surface area contributed by atoms with E-state index in [9.17, 15) is 9.90 Å². The molecule has 1 fully saturated rings. The zero-order chi connectivity index (χ0) is 14.2. The molecule has 1 saturated carbocycles. The van der Waals surface area contributed by atoms with Crippen LogP contribution in [-0.2, 0) is 10.2 Å². The second kappa shape index (κ2) is 5.12. The Morgan fingerprint density at radius 3 is 2.68 bits per heavy atom. The third-order valence-corrected chi connectivity index (χ3v) is 4.34. The van der Waals surface area contributed by atoms with Gasteiger partial charge in [0, 0.05) is 18.0 Å². The summed E-state index contributed by atoms with van der Waals surface area (Å²) in [5.74, 6) is -0.244. The summed E-state index contributed by atoms with van der Waals surface area (Å²) in [6.07, 6.45) is 2.45. The monoisotopic (exact) mass is 282 g/mol. The Hall–Kier alpha value is -1.10. The molecule has 0 bridgehead atoms. The van der Waals surface area contributed by atoms with Crippen molar-refractivity contribution in [3.63, 3.8) is 0 Å². The molecule has 0 saturated heterocycles. The average molecular weight is 282 g/mol. The molecule has 1 aliphatic carbocycles. The Balaban J connectivity index is 2.21. The number of hydrogen-bond donors (Lipinski definition) is 1. The second-order valence-corrected chi connectivity index (χ2v) is 7.06. The molecule has 1 heterocycles. The van der Waals surface area contributed by atoms with Gasteiger partial charge in [-0.1, -0.05) is 13.8 Å². The van der Waals surface area contributed by atoms with Crippen molar-refractivity contribution in [1.29, 1.82) is 0 Å². The van der Waals surface area contributed by atoms with Crippen molar-refractivity contribution >= 4 is 22.4 Å². The predicted molar refractivity (Wildman–Crippen MR) is 78.0 cm³/mol. The lowest BCUT2D eigenvalue weighted by atomic mass is 9.90. The van der Waals surface area contributed by atoms with Crippen LogP contribution in [0.3, 0.4) is 0 Å². The Kier molecular flexibility index (Phi) is 3.85. The van der Waals surface area contributed by atoms with Crippen LogP contribution in [0.4, 0.5) is 5.13 Å². The molecule has 0 aliphatic heterocycles. The van der Waals surface area contributed by atoms with E-state index in [1.165, 1.54) is 12.8 Å². The minimum absolute atomic E-state index is 0.584. The summed E-state index contributed by atoms with van der Waals surface area (Å²) in [4.78, 5) is 18.2. The first-order valence-corrected chi connectivity index (χ1v) is 7.66. The summed E-state index contributed by atoms with van der Waals surface area (Å²) in [6, 6.07) is 0.606. The van der Waals surface area contributed by atoms with Crippen molar-refractivity contribution in [3.05, 3.63) is 11.1 Å². The van der Waals surface area contributed by atoms with E-state index < -0.39 is 11.4 Å². The third kappa shape index (κ3) is 3.08. The van der Waals surface area contributed by atoms with Gasteiger partial charge >= 0.3 is 5.97 Å². The van der Waals surface area contributed by atoms with Gasteiger partial charge in [-0.15, -0.1) is 11.3 Å². The molecule has 2 rings (SSSR count). The summed E-state index contributed by atoms with van der Waals surface area (Å²) in [5, 5.41) is 12.1. The molecule has 1 N–H and O–H groups in total. The quantitative estimate of drug-likeness (QED) is 0.871. The lowest BCUT2D eigenvalue weighted by Crippen LogP contribution is -2.31. The molecule has 0 atom stereocenters. The predicted octanol–water partition coefficient (Wildman–Crippen LogP) is 3.13. The molecular formula is C14H22N2O2S. The van der Waals surface area contributed by atoms with Gasteiger partial charge in [-0.3, -0.25) is 4.79 Å². The Bertz CT molecular complexity index is 464. The molecule has 1 aliphatic rings. The van der Waals surface area contributed by atoms with Gasteiger partial charge in [-0.25, -0.2) is 4.98 Å². The lowest BCUT2D eigenvalue weighted by Gasteiger charge is -2.24. The minimum Gasteiger partial charge on any atom is -0.481 e. The molecule has 19 heavy (non-hydrogen) atoms. The lowest BCUT2D eigenvalue weighted by molar-refractivity contribution is -0.142. The van der Waals surface area contributed by atoms with Gasteiger partial charge in [-0.05, 0) is 32.6 Å². The Labute approximate surface area is 118 Å². The van der Waals surface area contributed by atoms with Crippen LogP contribution in [0.1, 0.15) is 46.2 Å². The van der Waals surface area contributed by atoms with E-state index >= 15 is 0 Å². The minimum atomic E-state index is -0.915. The second-order valence-electron chi connectivity index (χ2n) is 6.22. The van der Waals surface area contributed by atoms with Crippen LogP contribution in [0.25, 0.3) is 0 Å². The smallest absolute Gasteiger partial charge is 0.315 e. The van der Waals surface area contributed by atoms with Crippen LogP contribution in [0.15, 0.2) is 5.38 Å². The fourth-order valence-electron chi connectivity index (χ4n) is 1.96. The summed E-state index contributed by atoms with van der Waals surface area (Å²) in [6.45, 7) is 8.80. The highest BCUT2D eigenvalue weighted by atomic mass is 32.1. The molecule has 5 heteroatoms. The standard InChI is InChI=1S/C14H22N2O2S/c1-9(2)7-16(10-5-6-10)13-15-11(8-19-13)14(3,4)12(17)18/h8-10H,5-7H2,1-4H3,(H,17,18). The van der Waals surface area contributed by atoms with E-state index in [0.717, 1.165) is 11.7 Å². The number of rotatable bonds is 6. The number of carboxylic acid groups (broad SMARTS) is 1. The van der Waals surface area contributed by atoms with Crippen molar-refractivity contribution in [1.82, 2.24) is 4.98 Å². The normalized spacial score (nSPS) is 15.8. The van der Waals surface area contributed by atoms with Gasteiger partial charge in [0.2, 0.25) is 0 Å². The van der Waals surface area contributed by atoms with Crippen molar-refractivity contribution in [2.45, 2.75) is 52.0 Å². The van der Waals surface area contributed by atoms with E-state index in [-0.39, 0.29) is 0 Å². The van der Waals surface area contributed by atoms with Gasteiger partial charge in [0.05, 0.1) is 5.69 Å². The Morgan fingerprint density at radius 1 is 1.58 bits per heavy atom. The fraction of sp³-hybridized carbons (Fsp3) is 0.714. The van der Waals surface area contributed by atoms with Gasteiger partial charge in [0.1, 0.15) is 5.41 Å². The summed E-state index contributed by atoms with van der Waals surface area (Å²) in [7, 11) is 0. The first-order valence-electron chi connectivity index (χ1n) is 6.78. The van der Waals surface area contributed by atoms with Gasteiger partial charge in [-0.2, -0.15) is 0 Å². The number of carbonyl (C=O) groups is 1. The number of aliphatic carboxylic acids is 1. The van der Waals surface area contributed by atoms with Gasteiger partial charge in [0.25, 0.3) is 0 Å². The molecule has 106 valence electrons. The Morgan fingerprint density at radius 2 is 2.21 bits per heavy atom. The molecule has 0 spiro atoms.